The first-order valence-electron chi connectivity index (χ1n) is 6.78. The molecule has 0 aliphatic heterocycles. The molecular formula is C16H12F3N3O. The number of carbonyl (C=O) groups excluding carboxylic acids is 1. The Kier molecular flexibility index (Phi) is 3.55. The van der Waals surface area contributed by atoms with Gasteiger partial charge in [-0.25, -0.2) is 4.98 Å². The molecule has 0 aliphatic rings. The van der Waals surface area contributed by atoms with Crippen LogP contribution in [0.4, 0.5) is 18.9 Å². The van der Waals surface area contributed by atoms with Crippen molar-refractivity contribution in [3.8, 4) is 0 Å². The van der Waals surface area contributed by atoms with Crippen molar-refractivity contribution in [1.29, 1.82) is 0 Å². The number of hydrogen-bond donors (Lipinski definition) is 1. The molecule has 23 heavy (non-hydrogen) atoms. The molecule has 0 aliphatic carbocycles. The second kappa shape index (κ2) is 5.42. The first-order valence-corrected chi connectivity index (χ1v) is 6.78. The zero-order valence-corrected chi connectivity index (χ0v) is 12.1. The van der Waals surface area contributed by atoms with E-state index in [1.165, 1.54) is 12.1 Å². The molecule has 0 atom stereocenters. The highest BCUT2D eigenvalue weighted by molar-refractivity contribution is 6.04. The maximum atomic E-state index is 12.7. The lowest BCUT2D eigenvalue weighted by atomic mass is 10.2. The summed E-state index contributed by atoms with van der Waals surface area (Å²) in [6, 6.07) is 9.79. The lowest BCUT2D eigenvalue weighted by Crippen LogP contribution is -2.16. The van der Waals surface area contributed by atoms with Crippen LogP contribution in [0.3, 0.4) is 0 Å². The second-order valence-corrected chi connectivity index (χ2v) is 5.01. The van der Waals surface area contributed by atoms with Crippen molar-refractivity contribution >= 4 is 17.2 Å². The molecule has 0 bridgehead atoms. The van der Waals surface area contributed by atoms with E-state index in [1.807, 2.05) is 0 Å². The molecule has 118 valence electrons. The Hall–Kier alpha value is -2.83. The largest absolute Gasteiger partial charge is 0.416 e. The third-order valence-corrected chi connectivity index (χ3v) is 3.37. The van der Waals surface area contributed by atoms with Gasteiger partial charge >= 0.3 is 6.18 Å². The summed E-state index contributed by atoms with van der Waals surface area (Å²) in [5.41, 5.74) is 0.651. The number of pyridine rings is 1. The summed E-state index contributed by atoms with van der Waals surface area (Å²) < 4.78 is 39.8. The van der Waals surface area contributed by atoms with Crippen LogP contribution in [-0.4, -0.2) is 15.3 Å². The molecule has 2 heterocycles. The fourth-order valence-electron chi connectivity index (χ4n) is 2.35. The van der Waals surface area contributed by atoms with Gasteiger partial charge in [-0.1, -0.05) is 12.1 Å². The summed E-state index contributed by atoms with van der Waals surface area (Å²) in [6.07, 6.45) is -2.78. The normalized spacial score (nSPS) is 11.7. The molecule has 0 fully saturated rings. The smallest absolute Gasteiger partial charge is 0.321 e. The number of halogens is 3. The van der Waals surface area contributed by atoms with Gasteiger partial charge in [-0.05, 0) is 37.3 Å². The number of anilines is 1. The van der Waals surface area contributed by atoms with Crippen molar-refractivity contribution in [3.05, 3.63) is 65.6 Å². The molecular weight excluding hydrogens is 307 g/mol. The highest BCUT2D eigenvalue weighted by Gasteiger charge is 2.30. The number of alkyl halides is 3. The Labute approximate surface area is 129 Å². The van der Waals surface area contributed by atoms with Gasteiger partial charge < -0.3 is 5.32 Å². The zero-order valence-electron chi connectivity index (χ0n) is 12.1. The Morgan fingerprint density at radius 3 is 2.70 bits per heavy atom. The second-order valence-electron chi connectivity index (χ2n) is 5.01. The molecule has 0 radical (unpaired) electrons. The summed E-state index contributed by atoms with van der Waals surface area (Å²) in [4.78, 5) is 16.7. The quantitative estimate of drug-likeness (QED) is 0.778. The van der Waals surface area contributed by atoms with E-state index >= 15 is 0 Å². The SMILES string of the molecule is Cc1nc2ccccn2c1C(=O)Nc1cccc(C(F)(F)F)c1. The number of benzene rings is 1. The minimum absolute atomic E-state index is 0.0788. The van der Waals surface area contributed by atoms with Crippen molar-refractivity contribution in [2.24, 2.45) is 0 Å². The molecule has 0 unspecified atom stereocenters. The third kappa shape index (κ3) is 2.90. The number of nitrogens with one attached hydrogen (secondary N) is 1. The number of amides is 1. The number of imidazole rings is 1. The van der Waals surface area contributed by atoms with Crippen molar-refractivity contribution < 1.29 is 18.0 Å². The standard InChI is InChI=1S/C16H12F3N3O/c1-10-14(22-8-3-2-7-13(22)20-10)15(23)21-12-6-4-5-11(9-12)16(17,18)19/h2-9H,1H3,(H,21,23). The van der Waals surface area contributed by atoms with Gasteiger partial charge in [0.05, 0.1) is 11.3 Å². The summed E-state index contributed by atoms with van der Waals surface area (Å²) >= 11 is 0. The number of nitrogens with zero attached hydrogens (tertiary/aromatic N) is 2. The minimum Gasteiger partial charge on any atom is -0.321 e. The first kappa shape index (κ1) is 15.1. The van der Waals surface area contributed by atoms with Gasteiger partial charge in [0.1, 0.15) is 11.3 Å². The molecule has 4 nitrogen and oxygen atoms in total. The lowest BCUT2D eigenvalue weighted by molar-refractivity contribution is -0.137. The average Bonchev–Trinajstić information content (AvgIpc) is 2.82. The van der Waals surface area contributed by atoms with Crippen LogP contribution in [-0.2, 0) is 6.18 Å². The number of hydrogen-bond acceptors (Lipinski definition) is 2. The van der Waals surface area contributed by atoms with Gasteiger partial charge in [-0.3, -0.25) is 9.20 Å². The molecule has 0 saturated heterocycles. The van der Waals surface area contributed by atoms with Gasteiger partial charge in [0.2, 0.25) is 0 Å². The van der Waals surface area contributed by atoms with Crippen LogP contribution in [0.5, 0.6) is 0 Å². The lowest BCUT2D eigenvalue weighted by Gasteiger charge is -2.10. The fourth-order valence-corrected chi connectivity index (χ4v) is 2.35. The molecule has 2 aromatic heterocycles. The topological polar surface area (TPSA) is 46.4 Å². The van der Waals surface area contributed by atoms with Gasteiger partial charge in [-0.2, -0.15) is 13.2 Å². The average molecular weight is 319 g/mol. The molecule has 1 amide bonds. The predicted molar refractivity (Wildman–Crippen MR) is 79.3 cm³/mol. The van der Waals surface area contributed by atoms with Crippen LogP contribution >= 0.6 is 0 Å². The third-order valence-electron chi connectivity index (χ3n) is 3.37. The number of carbonyl (C=O) groups is 1. The number of aromatic nitrogens is 2. The van der Waals surface area contributed by atoms with Crippen LogP contribution in [0.2, 0.25) is 0 Å². The minimum atomic E-state index is -4.46. The monoisotopic (exact) mass is 319 g/mol. The number of rotatable bonds is 2. The molecule has 0 spiro atoms. The Bertz CT molecular complexity index is 884. The molecule has 1 aromatic carbocycles. The van der Waals surface area contributed by atoms with Crippen LogP contribution in [0.15, 0.2) is 48.7 Å². The fraction of sp³-hybridized carbons (Fsp3) is 0.125. The van der Waals surface area contributed by atoms with Crippen molar-refractivity contribution in [2.45, 2.75) is 13.1 Å². The highest BCUT2D eigenvalue weighted by atomic mass is 19.4. The Balaban J connectivity index is 1.94. The van der Waals surface area contributed by atoms with Crippen molar-refractivity contribution in [3.63, 3.8) is 0 Å². The maximum absolute atomic E-state index is 12.7. The Morgan fingerprint density at radius 2 is 1.96 bits per heavy atom. The summed E-state index contributed by atoms with van der Waals surface area (Å²) in [5.74, 6) is -0.513. The summed E-state index contributed by atoms with van der Waals surface area (Å²) in [7, 11) is 0. The van der Waals surface area contributed by atoms with E-state index in [1.54, 1.807) is 35.7 Å². The summed E-state index contributed by atoms with van der Waals surface area (Å²) in [5, 5.41) is 2.49. The molecule has 3 aromatic rings. The van der Waals surface area contributed by atoms with E-state index in [2.05, 4.69) is 10.3 Å². The molecule has 0 saturated carbocycles. The van der Waals surface area contributed by atoms with E-state index in [0.717, 1.165) is 12.1 Å². The van der Waals surface area contributed by atoms with Crippen molar-refractivity contribution in [2.75, 3.05) is 5.32 Å². The molecule has 1 N–H and O–H groups in total. The van der Waals surface area contributed by atoms with Crippen LogP contribution in [0, 0.1) is 6.92 Å². The van der Waals surface area contributed by atoms with Gasteiger partial charge in [-0.15, -0.1) is 0 Å². The molecule has 7 heteroatoms. The van der Waals surface area contributed by atoms with Crippen LogP contribution in [0.1, 0.15) is 21.7 Å². The van der Waals surface area contributed by atoms with Gasteiger partial charge in [0.25, 0.3) is 5.91 Å². The maximum Gasteiger partial charge on any atom is 0.416 e. The van der Waals surface area contributed by atoms with Crippen molar-refractivity contribution in [1.82, 2.24) is 9.38 Å². The van der Waals surface area contributed by atoms with E-state index in [0.29, 0.717) is 11.3 Å². The highest BCUT2D eigenvalue weighted by Crippen LogP contribution is 2.30. The van der Waals surface area contributed by atoms with Gasteiger partial charge in [0, 0.05) is 11.9 Å². The van der Waals surface area contributed by atoms with E-state index < -0.39 is 17.6 Å². The number of aryl methyl sites for hydroxylation is 1. The molecule has 3 rings (SSSR count). The zero-order chi connectivity index (χ0) is 16.6. The van der Waals surface area contributed by atoms with Gasteiger partial charge in [0.15, 0.2) is 0 Å². The van der Waals surface area contributed by atoms with E-state index in [9.17, 15) is 18.0 Å². The predicted octanol–water partition coefficient (Wildman–Crippen LogP) is 3.91. The Morgan fingerprint density at radius 1 is 1.17 bits per heavy atom. The summed E-state index contributed by atoms with van der Waals surface area (Å²) in [6.45, 7) is 1.67. The van der Waals surface area contributed by atoms with Crippen LogP contribution in [0.25, 0.3) is 5.65 Å². The van der Waals surface area contributed by atoms with E-state index in [-0.39, 0.29) is 11.4 Å². The van der Waals surface area contributed by atoms with Crippen LogP contribution < -0.4 is 5.32 Å². The first-order chi connectivity index (χ1) is 10.9. The van der Waals surface area contributed by atoms with E-state index in [4.69, 9.17) is 0 Å². The number of fused-ring (bicyclic) bond motifs is 1.